The van der Waals surface area contributed by atoms with Gasteiger partial charge in [-0.3, -0.25) is 4.68 Å². The average molecular weight is 414 g/mol. The van der Waals surface area contributed by atoms with Crippen molar-refractivity contribution in [3.05, 3.63) is 41.2 Å². The maximum atomic E-state index is 12.4. The Labute approximate surface area is 175 Å². The van der Waals surface area contributed by atoms with Crippen molar-refractivity contribution >= 4 is 28.3 Å². The van der Waals surface area contributed by atoms with Crippen molar-refractivity contribution in [1.82, 2.24) is 15.2 Å². The van der Waals surface area contributed by atoms with Crippen LogP contribution in [-0.4, -0.2) is 45.7 Å². The maximum Gasteiger partial charge on any atom is 0.452 e. The molecule has 1 amide bonds. The van der Waals surface area contributed by atoms with Gasteiger partial charge in [0.15, 0.2) is 0 Å². The summed E-state index contributed by atoms with van der Waals surface area (Å²) in [5.74, 6) is 0. The third-order valence-corrected chi connectivity index (χ3v) is 6.07. The number of aromatic nitrogens is 2. The Hall–Kier alpha value is -2.38. The van der Waals surface area contributed by atoms with E-state index in [0.717, 1.165) is 49.9 Å². The van der Waals surface area contributed by atoms with Crippen molar-refractivity contribution in [2.45, 2.75) is 45.8 Å². The summed E-state index contributed by atoms with van der Waals surface area (Å²) < 4.78 is 8.11. The lowest BCUT2D eigenvalue weighted by atomic mass is 10.1. The van der Waals surface area contributed by atoms with E-state index in [4.69, 9.17) is 4.74 Å². The van der Waals surface area contributed by atoms with Crippen LogP contribution in [-0.2, 0) is 11.3 Å². The van der Waals surface area contributed by atoms with Gasteiger partial charge in [-0.2, -0.15) is 21.9 Å². The quantitative estimate of drug-likeness (QED) is 0.611. The van der Waals surface area contributed by atoms with E-state index in [1.807, 2.05) is 27.0 Å². The second kappa shape index (κ2) is 7.80. The molecule has 29 heavy (non-hydrogen) atoms. The SMILES string of the molecule is CC(C)(C)OC(=O)N[N+]1(CCn2ncc3ccc(-c4ccsc4)cc32)CCCC1. The number of nitrogens with one attached hydrogen (secondary N) is 1. The Morgan fingerprint density at radius 3 is 2.72 bits per heavy atom. The number of hydrogen-bond donors (Lipinski definition) is 1. The monoisotopic (exact) mass is 413 g/mol. The van der Waals surface area contributed by atoms with Crippen LogP contribution in [0, 0.1) is 0 Å². The molecule has 2 aromatic heterocycles. The van der Waals surface area contributed by atoms with Crippen LogP contribution in [0.15, 0.2) is 41.2 Å². The molecule has 7 heteroatoms. The number of carbonyl (C=O) groups excluding carboxylic acids is 1. The molecule has 3 heterocycles. The van der Waals surface area contributed by atoms with Gasteiger partial charge in [0.2, 0.25) is 0 Å². The predicted molar refractivity (Wildman–Crippen MR) is 117 cm³/mol. The first-order valence-corrected chi connectivity index (χ1v) is 11.1. The van der Waals surface area contributed by atoms with E-state index in [2.05, 4.69) is 50.2 Å². The molecule has 0 radical (unpaired) electrons. The third-order valence-electron chi connectivity index (χ3n) is 5.39. The molecule has 0 unspecified atom stereocenters. The molecule has 0 saturated carbocycles. The van der Waals surface area contributed by atoms with Gasteiger partial charge in [0.1, 0.15) is 25.2 Å². The van der Waals surface area contributed by atoms with Gasteiger partial charge in [-0.05, 0) is 54.8 Å². The second-order valence-corrected chi connectivity index (χ2v) is 9.57. The number of likely N-dealkylation sites (tertiary alicyclic amines) is 1. The van der Waals surface area contributed by atoms with E-state index in [1.165, 1.54) is 11.1 Å². The van der Waals surface area contributed by atoms with Crippen LogP contribution < -0.4 is 5.43 Å². The lowest BCUT2D eigenvalue weighted by molar-refractivity contribution is -0.951. The van der Waals surface area contributed by atoms with E-state index in [1.54, 1.807) is 11.3 Å². The number of rotatable bonds is 5. The molecule has 1 aliphatic heterocycles. The minimum atomic E-state index is -0.496. The van der Waals surface area contributed by atoms with Crippen LogP contribution in [0.3, 0.4) is 0 Å². The number of carbonyl (C=O) groups is 1. The first kappa shape index (κ1) is 19.9. The van der Waals surface area contributed by atoms with Gasteiger partial charge < -0.3 is 4.74 Å². The molecule has 1 saturated heterocycles. The lowest BCUT2D eigenvalue weighted by Crippen LogP contribution is -2.60. The number of fused-ring (bicyclic) bond motifs is 1. The smallest absolute Gasteiger partial charge is 0.441 e. The van der Waals surface area contributed by atoms with E-state index < -0.39 is 5.60 Å². The number of quaternary nitrogens is 1. The van der Waals surface area contributed by atoms with Gasteiger partial charge in [0.05, 0.1) is 18.3 Å². The van der Waals surface area contributed by atoms with Crippen LogP contribution in [0.4, 0.5) is 4.79 Å². The minimum absolute atomic E-state index is 0.343. The normalized spacial score (nSPS) is 16.2. The number of ether oxygens (including phenoxy) is 1. The highest BCUT2D eigenvalue weighted by molar-refractivity contribution is 7.08. The summed E-state index contributed by atoms with van der Waals surface area (Å²) in [7, 11) is 0. The van der Waals surface area contributed by atoms with Crippen molar-refractivity contribution < 1.29 is 14.1 Å². The summed E-state index contributed by atoms with van der Waals surface area (Å²) in [6, 6.07) is 8.63. The number of nitrogens with zero attached hydrogens (tertiary/aromatic N) is 3. The van der Waals surface area contributed by atoms with Crippen molar-refractivity contribution in [2.75, 3.05) is 19.6 Å². The number of benzene rings is 1. The largest absolute Gasteiger partial charge is 0.452 e. The highest BCUT2D eigenvalue weighted by Crippen LogP contribution is 2.26. The first-order valence-electron chi connectivity index (χ1n) is 10.2. The maximum absolute atomic E-state index is 12.4. The lowest BCUT2D eigenvalue weighted by Gasteiger charge is -2.34. The summed E-state index contributed by atoms with van der Waals surface area (Å²) in [5.41, 5.74) is 6.20. The molecule has 3 aromatic rings. The Morgan fingerprint density at radius 2 is 2.03 bits per heavy atom. The Bertz CT molecular complexity index is 982. The molecule has 1 aliphatic rings. The summed E-state index contributed by atoms with van der Waals surface area (Å²) in [6.07, 6.45) is 3.79. The second-order valence-electron chi connectivity index (χ2n) is 8.79. The Balaban J connectivity index is 1.51. The van der Waals surface area contributed by atoms with Crippen molar-refractivity contribution in [3.63, 3.8) is 0 Å². The molecule has 6 nitrogen and oxygen atoms in total. The van der Waals surface area contributed by atoms with Crippen molar-refractivity contribution in [1.29, 1.82) is 0 Å². The molecule has 0 aliphatic carbocycles. The zero-order valence-corrected chi connectivity index (χ0v) is 18.2. The molecular formula is C22H29N4O2S+. The Morgan fingerprint density at radius 1 is 1.24 bits per heavy atom. The van der Waals surface area contributed by atoms with Gasteiger partial charge >= 0.3 is 6.09 Å². The zero-order valence-electron chi connectivity index (χ0n) is 17.4. The molecule has 0 spiro atoms. The zero-order chi connectivity index (χ0) is 20.5. The highest BCUT2D eigenvalue weighted by atomic mass is 32.1. The predicted octanol–water partition coefficient (Wildman–Crippen LogP) is 4.82. The van der Waals surface area contributed by atoms with Gasteiger partial charge in [0.25, 0.3) is 0 Å². The van der Waals surface area contributed by atoms with E-state index >= 15 is 0 Å². The van der Waals surface area contributed by atoms with Gasteiger partial charge in [-0.25, -0.2) is 9.39 Å². The van der Waals surface area contributed by atoms with Crippen LogP contribution in [0.5, 0.6) is 0 Å². The molecule has 154 valence electrons. The van der Waals surface area contributed by atoms with Crippen LogP contribution in [0.25, 0.3) is 22.0 Å². The third kappa shape index (κ3) is 4.62. The highest BCUT2D eigenvalue weighted by Gasteiger charge is 2.36. The number of hydrogen-bond acceptors (Lipinski definition) is 4. The summed E-state index contributed by atoms with van der Waals surface area (Å²) in [4.78, 5) is 12.4. The summed E-state index contributed by atoms with van der Waals surface area (Å²) >= 11 is 1.71. The molecule has 0 bridgehead atoms. The first-order chi connectivity index (χ1) is 13.8. The Kier molecular flexibility index (Phi) is 5.36. The van der Waals surface area contributed by atoms with E-state index in [-0.39, 0.29) is 6.09 Å². The van der Waals surface area contributed by atoms with Gasteiger partial charge in [0, 0.05) is 18.2 Å². The van der Waals surface area contributed by atoms with Crippen molar-refractivity contribution in [2.24, 2.45) is 0 Å². The molecule has 1 fully saturated rings. The number of amides is 1. The average Bonchev–Trinajstić information content (AvgIpc) is 3.39. The molecule has 0 atom stereocenters. The van der Waals surface area contributed by atoms with Gasteiger partial charge in [-0.1, -0.05) is 12.1 Å². The standard InChI is InChI=1S/C22H28N4O2S/c1-22(2,3)28-21(27)24-26(10-4-5-11-26)12-9-25-20-14-17(19-8-13-29-16-19)6-7-18(20)15-23-25/h6-8,13-16H,4-5,9-12H2,1-3H3/p+1. The molecule has 1 aromatic carbocycles. The van der Waals surface area contributed by atoms with Crippen molar-refractivity contribution in [3.8, 4) is 11.1 Å². The molecular weight excluding hydrogens is 384 g/mol. The molecule has 1 N–H and O–H groups in total. The van der Waals surface area contributed by atoms with Crippen LogP contribution in [0.1, 0.15) is 33.6 Å². The van der Waals surface area contributed by atoms with Crippen LogP contribution in [0.2, 0.25) is 0 Å². The fourth-order valence-electron chi connectivity index (χ4n) is 3.97. The van der Waals surface area contributed by atoms with Crippen LogP contribution >= 0.6 is 11.3 Å². The summed E-state index contributed by atoms with van der Waals surface area (Å²) in [5, 5.41) is 10.0. The van der Waals surface area contributed by atoms with Gasteiger partial charge in [-0.15, -0.1) is 0 Å². The van der Waals surface area contributed by atoms with E-state index in [9.17, 15) is 4.79 Å². The minimum Gasteiger partial charge on any atom is -0.441 e. The fourth-order valence-corrected chi connectivity index (χ4v) is 4.63. The topological polar surface area (TPSA) is 56.1 Å². The van der Waals surface area contributed by atoms with E-state index in [0.29, 0.717) is 4.59 Å². The fraction of sp³-hybridized carbons (Fsp3) is 0.455. The summed E-state index contributed by atoms with van der Waals surface area (Å²) in [6.45, 7) is 9.06. The molecule has 4 rings (SSSR count). The number of thiophene rings is 1.